The van der Waals surface area contributed by atoms with E-state index in [1.54, 1.807) is 5.32 Å². The standard InChI is InChI=1S/C15H11BrF3N5O/c1-2-7-20-12-11(16)8-21-14(24-12)23-10-5-3-9(4-6-10)22-13(25)15(17,18)19/h1,3-6,8H,7H2,(H,22,25)(H2,20,21,23,24). The lowest BCUT2D eigenvalue weighted by Gasteiger charge is -2.10. The highest BCUT2D eigenvalue weighted by Crippen LogP contribution is 2.23. The van der Waals surface area contributed by atoms with E-state index >= 15 is 0 Å². The number of terminal acetylenes is 1. The molecule has 25 heavy (non-hydrogen) atoms. The number of rotatable bonds is 5. The van der Waals surface area contributed by atoms with Gasteiger partial charge in [0.25, 0.3) is 0 Å². The molecule has 1 aromatic heterocycles. The molecule has 0 aliphatic rings. The van der Waals surface area contributed by atoms with Gasteiger partial charge in [0, 0.05) is 17.6 Å². The number of nitrogens with zero attached hydrogens (tertiary/aromatic N) is 2. The summed E-state index contributed by atoms with van der Waals surface area (Å²) in [6.07, 6.45) is 1.76. The number of alkyl halides is 3. The lowest BCUT2D eigenvalue weighted by atomic mass is 10.3. The molecule has 6 nitrogen and oxygen atoms in total. The van der Waals surface area contributed by atoms with Gasteiger partial charge in [0.1, 0.15) is 5.82 Å². The summed E-state index contributed by atoms with van der Waals surface area (Å²) in [6.45, 7) is 0.280. The molecule has 0 aliphatic carbocycles. The minimum atomic E-state index is -4.94. The molecule has 3 N–H and O–H groups in total. The fourth-order valence-corrected chi connectivity index (χ4v) is 1.99. The number of amides is 1. The van der Waals surface area contributed by atoms with Crippen molar-refractivity contribution in [3.8, 4) is 12.3 Å². The molecule has 0 saturated heterocycles. The van der Waals surface area contributed by atoms with Crippen LogP contribution in [0.1, 0.15) is 0 Å². The minimum Gasteiger partial charge on any atom is -0.358 e. The maximum atomic E-state index is 12.2. The first-order valence-corrected chi connectivity index (χ1v) is 7.54. The molecule has 0 unspecified atom stereocenters. The summed E-state index contributed by atoms with van der Waals surface area (Å²) in [7, 11) is 0. The highest BCUT2D eigenvalue weighted by atomic mass is 79.9. The summed E-state index contributed by atoms with van der Waals surface area (Å²) in [4.78, 5) is 19.1. The Bertz CT molecular complexity index is 802. The van der Waals surface area contributed by atoms with Gasteiger partial charge in [-0.25, -0.2) is 4.98 Å². The van der Waals surface area contributed by atoms with E-state index in [9.17, 15) is 18.0 Å². The van der Waals surface area contributed by atoms with Gasteiger partial charge in [-0.2, -0.15) is 18.2 Å². The van der Waals surface area contributed by atoms with Crippen LogP contribution in [0.5, 0.6) is 0 Å². The van der Waals surface area contributed by atoms with Gasteiger partial charge in [0.15, 0.2) is 0 Å². The molecule has 10 heteroatoms. The van der Waals surface area contributed by atoms with Crippen molar-refractivity contribution in [2.45, 2.75) is 6.18 Å². The van der Waals surface area contributed by atoms with Gasteiger partial charge in [-0.15, -0.1) is 6.42 Å². The number of nitrogens with one attached hydrogen (secondary N) is 3. The topological polar surface area (TPSA) is 78.9 Å². The third-order valence-corrected chi connectivity index (χ3v) is 3.34. The van der Waals surface area contributed by atoms with Crippen LogP contribution >= 0.6 is 15.9 Å². The summed E-state index contributed by atoms with van der Waals surface area (Å²) in [5, 5.41) is 7.55. The Morgan fingerprint density at radius 2 is 1.88 bits per heavy atom. The normalized spacial score (nSPS) is 10.7. The van der Waals surface area contributed by atoms with Crippen LogP contribution in [0, 0.1) is 12.3 Å². The number of carbonyl (C=O) groups is 1. The Morgan fingerprint density at radius 3 is 2.48 bits per heavy atom. The lowest BCUT2D eigenvalue weighted by Crippen LogP contribution is -2.29. The van der Waals surface area contributed by atoms with Crippen molar-refractivity contribution in [3.05, 3.63) is 34.9 Å². The zero-order valence-corrected chi connectivity index (χ0v) is 14.1. The molecule has 0 saturated carbocycles. The van der Waals surface area contributed by atoms with E-state index in [-0.39, 0.29) is 18.2 Å². The number of anilines is 4. The zero-order chi connectivity index (χ0) is 18.4. The van der Waals surface area contributed by atoms with Crippen LogP contribution in [0.15, 0.2) is 34.9 Å². The van der Waals surface area contributed by atoms with Crippen LogP contribution in [-0.2, 0) is 4.79 Å². The Kier molecular flexibility index (Phi) is 5.82. The number of benzene rings is 1. The Balaban J connectivity index is 2.06. The second kappa shape index (κ2) is 7.85. The maximum absolute atomic E-state index is 12.2. The van der Waals surface area contributed by atoms with Gasteiger partial charge in [-0.3, -0.25) is 4.79 Å². The summed E-state index contributed by atoms with van der Waals surface area (Å²) in [5.74, 6) is 1.13. The van der Waals surface area contributed by atoms with Gasteiger partial charge in [-0.1, -0.05) is 5.92 Å². The largest absolute Gasteiger partial charge is 0.471 e. The molecule has 0 radical (unpaired) electrons. The SMILES string of the molecule is C#CCNc1nc(Nc2ccc(NC(=O)C(F)(F)F)cc2)ncc1Br. The molecule has 0 fully saturated rings. The van der Waals surface area contributed by atoms with Gasteiger partial charge >= 0.3 is 12.1 Å². The van der Waals surface area contributed by atoms with E-state index in [0.29, 0.717) is 16.0 Å². The van der Waals surface area contributed by atoms with E-state index in [1.807, 2.05) is 0 Å². The van der Waals surface area contributed by atoms with Gasteiger partial charge in [0.05, 0.1) is 11.0 Å². The molecule has 1 amide bonds. The van der Waals surface area contributed by atoms with E-state index in [0.717, 1.165) is 0 Å². The highest BCUT2D eigenvalue weighted by molar-refractivity contribution is 9.10. The third kappa shape index (κ3) is 5.36. The molecule has 2 rings (SSSR count). The Labute approximate surface area is 149 Å². The number of hydrogen-bond donors (Lipinski definition) is 3. The lowest BCUT2D eigenvalue weighted by molar-refractivity contribution is -0.167. The number of halogens is 4. The Hall–Kier alpha value is -2.80. The second-order valence-corrected chi connectivity index (χ2v) is 5.46. The predicted octanol–water partition coefficient (Wildman–Crippen LogP) is 3.53. The van der Waals surface area contributed by atoms with E-state index in [2.05, 4.69) is 42.5 Å². The summed E-state index contributed by atoms with van der Waals surface area (Å²) in [5.41, 5.74) is 0.538. The molecule has 0 bridgehead atoms. The summed E-state index contributed by atoms with van der Waals surface area (Å²) >= 11 is 3.28. The molecular weight excluding hydrogens is 403 g/mol. The molecule has 1 heterocycles. The monoisotopic (exact) mass is 413 g/mol. The summed E-state index contributed by atoms with van der Waals surface area (Å²) < 4.78 is 37.2. The molecule has 0 spiro atoms. The van der Waals surface area contributed by atoms with Crippen LogP contribution in [0.2, 0.25) is 0 Å². The van der Waals surface area contributed by atoms with Crippen LogP contribution in [0.25, 0.3) is 0 Å². The number of carbonyl (C=O) groups excluding carboxylic acids is 1. The number of aromatic nitrogens is 2. The van der Waals surface area contributed by atoms with Crippen molar-refractivity contribution >= 4 is 45.0 Å². The third-order valence-electron chi connectivity index (χ3n) is 2.76. The van der Waals surface area contributed by atoms with Crippen molar-refractivity contribution in [1.82, 2.24) is 9.97 Å². The second-order valence-electron chi connectivity index (χ2n) is 4.60. The van der Waals surface area contributed by atoms with Crippen LogP contribution in [-0.4, -0.2) is 28.6 Å². The number of hydrogen-bond acceptors (Lipinski definition) is 5. The molecule has 130 valence electrons. The Morgan fingerprint density at radius 1 is 1.24 bits per heavy atom. The van der Waals surface area contributed by atoms with Crippen molar-refractivity contribution < 1.29 is 18.0 Å². The fourth-order valence-electron chi connectivity index (χ4n) is 1.65. The molecule has 2 aromatic rings. The van der Waals surface area contributed by atoms with E-state index in [4.69, 9.17) is 6.42 Å². The summed E-state index contributed by atoms with van der Waals surface area (Å²) in [6, 6.07) is 5.60. The first-order valence-electron chi connectivity index (χ1n) is 6.74. The highest BCUT2D eigenvalue weighted by Gasteiger charge is 2.38. The smallest absolute Gasteiger partial charge is 0.358 e. The quantitative estimate of drug-likeness (QED) is 0.653. The van der Waals surface area contributed by atoms with Crippen LogP contribution in [0.4, 0.5) is 36.3 Å². The average Bonchev–Trinajstić information content (AvgIpc) is 2.56. The first kappa shape index (κ1) is 18.5. The maximum Gasteiger partial charge on any atom is 0.471 e. The molecular formula is C15H11BrF3N5O. The van der Waals surface area contributed by atoms with Crippen molar-refractivity contribution in [2.75, 3.05) is 22.5 Å². The van der Waals surface area contributed by atoms with Gasteiger partial charge in [-0.05, 0) is 40.2 Å². The molecule has 0 atom stereocenters. The van der Waals surface area contributed by atoms with E-state index in [1.165, 1.54) is 30.5 Å². The average molecular weight is 414 g/mol. The van der Waals surface area contributed by atoms with Crippen LogP contribution in [0.3, 0.4) is 0 Å². The minimum absolute atomic E-state index is 0.0148. The zero-order valence-electron chi connectivity index (χ0n) is 12.5. The van der Waals surface area contributed by atoms with Gasteiger partial charge < -0.3 is 16.0 Å². The van der Waals surface area contributed by atoms with Gasteiger partial charge in [0.2, 0.25) is 5.95 Å². The fraction of sp³-hybridized carbons (Fsp3) is 0.133. The molecule has 0 aliphatic heterocycles. The van der Waals surface area contributed by atoms with Crippen LogP contribution < -0.4 is 16.0 Å². The van der Waals surface area contributed by atoms with E-state index < -0.39 is 12.1 Å². The predicted molar refractivity (Wildman–Crippen MR) is 91.5 cm³/mol. The van der Waals surface area contributed by atoms with Crippen molar-refractivity contribution in [2.24, 2.45) is 0 Å². The first-order chi connectivity index (χ1) is 11.8. The van der Waals surface area contributed by atoms with Crippen molar-refractivity contribution in [3.63, 3.8) is 0 Å². The molecule has 1 aromatic carbocycles. The van der Waals surface area contributed by atoms with Crippen molar-refractivity contribution in [1.29, 1.82) is 0 Å².